The number of rotatable bonds is 1. The second-order valence-electron chi connectivity index (χ2n) is 2.25. The van der Waals surface area contributed by atoms with Crippen molar-refractivity contribution in [3.63, 3.8) is 0 Å². The second-order valence-corrected chi connectivity index (χ2v) is 2.66. The van der Waals surface area contributed by atoms with Gasteiger partial charge in [-0.1, -0.05) is 17.7 Å². The SMILES string of the molecule is COC1C=C(Cl)C(C#N)=CC1. The maximum Gasteiger partial charge on any atom is 0.100 e. The number of ether oxygens (including phenoxy) is 1. The molecular weight excluding hydrogens is 162 g/mol. The highest BCUT2D eigenvalue weighted by atomic mass is 35.5. The Labute approximate surface area is 70.7 Å². The third kappa shape index (κ3) is 1.83. The molecule has 1 rings (SSSR count). The summed E-state index contributed by atoms with van der Waals surface area (Å²) in [4.78, 5) is 0. The summed E-state index contributed by atoms with van der Waals surface area (Å²) < 4.78 is 5.04. The minimum atomic E-state index is 0.0274. The number of hydrogen-bond donors (Lipinski definition) is 0. The summed E-state index contributed by atoms with van der Waals surface area (Å²) in [6.45, 7) is 0. The van der Waals surface area contributed by atoms with Crippen molar-refractivity contribution in [2.75, 3.05) is 7.11 Å². The summed E-state index contributed by atoms with van der Waals surface area (Å²) >= 11 is 5.75. The van der Waals surface area contributed by atoms with Gasteiger partial charge >= 0.3 is 0 Å². The normalized spacial score (nSPS) is 23.5. The molecule has 0 N–H and O–H groups in total. The fraction of sp³-hybridized carbons (Fsp3) is 0.375. The predicted octanol–water partition coefficient (Wildman–Crippen LogP) is 1.98. The molecule has 0 aromatic heterocycles. The molecule has 3 heteroatoms. The molecule has 0 saturated carbocycles. The van der Waals surface area contributed by atoms with E-state index < -0.39 is 0 Å². The number of nitriles is 1. The standard InChI is InChI=1S/C8H8ClNO/c1-11-7-3-2-6(5-10)8(9)4-7/h2,4,7H,3H2,1H3. The molecule has 0 radical (unpaired) electrons. The zero-order valence-corrected chi connectivity index (χ0v) is 6.93. The third-order valence-electron chi connectivity index (χ3n) is 1.57. The van der Waals surface area contributed by atoms with Gasteiger partial charge in [-0.15, -0.1) is 0 Å². The van der Waals surface area contributed by atoms with Gasteiger partial charge in [0.15, 0.2) is 0 Å². The van der Waals surface area contributed by atoms with Crippen molar-refractivity contribution in [1.82, 2.24) is 0 Å². The van der Waals surface area contributed by atoms with Crippen LogP contribution in [0.5, 0.6) is 0 Å². The summed E-state index contributed by atoms with van der Waals surface area (Å²) in [5.41, 5.74) is 0.542. The molecule has 0 bridgehead atoms. The van der Waals surface area contributed by atoms with Crippen LogP contribution in [0, 0.1) is 11.3 Å². The Morgan fingerprint density at radius 3 is 3.00 bits per heavy atom. The van der Waals surface area contributed by atoms with E-state index in [4.69, 9.17) is 21.6 Å². The summed E-state index contributed by atoms with van der Waals surface area (Å²) in [5, 5.41) is 9.03. The van der Waals surface area contributed by atoms with Gasteiger partial charge in [0, 0.05) is 7.11 Å². The van der Waals surface area contributed by atoms with E-state index in [1.807, 2.05) is 6.07 Å². The zero-order valence-electron chi connectivity index (χ0n) is 6.17. The molecule has 11 heavy (non-hydrogen) atoms. The van der Waals surface area contributed by atoms with E-state index in [9.17, 15) is 0 Å². The molecule has 0 amide bonds. The molecule has 0 saturated heterocycles. The number of allylic oxidation sites excluding steroid dienone is 2. The monoisotopic (exact) mass is 169 g/mol. The zero-order chi connectivity index (χ0) is 8.27. The second kappa shape index (κ2) is 3.56. The average Bonchev–Trinajstić information content (AvgIpc) is 2.04. The summed E-state index contributed by atoms with van der Waals surface area (Å²) in [5.74, 6) is 0. The van der Waals surface area contributed by atoms with E-state index in [1.54, 1.807) is 19.3 Å². The minimum absolute atomic E-state index is 0.0274. The van der Waals surface area contributed by atoms with Gasteiger partial charge in [0.1, 0.15) is 6.07 Å². The first-order valence-electron chi connectivity index (χ1n) is 3.28. The largest absolute Gasteiger partial charge is 0.377 e. The first-order valence-corrected chi connectivity index (χ1v) is 3.66. The fourth-order valence-corrected chi connectivity index (χ4v) is 1.18. The van der Waals surface area contributed by atoms with Crippen LogP contribution >= 0.6 is 11.6 Å². The van der Waals surface area contributed by atoms with Crippen molar-refractivity contribution >= 4 is 11.6 Å². The molecule has 0 aromatic carbocycles. The number of halogens is 1. The molecule has 0 spiro atoms. The van der Waals surface area contributed by atoms with Gasteiger partial charge in [-0.25, -0.2) is 0 Å². The van der Waals surface area contributed by atoms with Gasteiger partial charge < -0.3 is 4.74 Å². The highest BCUT2D eigenvalue weighted by molar-refractivity contribution is 6.32. The summed E-state index contributed by atoms with van der Waals surface area (Å²) in [7, 11) is 1.62. The average molecular weight is 170 g/mol. The number of methoxy groups -OCH3 is 1. The molecule has 58 valence electrons. The third-order valence-corrected chi connectivity index (χ3v) is 1.90. The van der Waals surface area contributed by atoms with Gasteiger partial charge in [0.05, 0.1) is 16.7 Å². The van der Waals surface area contributed by atoms with E-state index in [0.717, 1.165) is 6.42 Å². The lowest BCUT2D eigenvalue weighted by atomic mass is 10.1. The van der Waals surface area contributed by atoms with E-state index in [1.165, 1.54) is 0 Å². The molecule has 0 aromatic rings. The fourth-order valence-electron chi connectivity index (χ4n) is 0.916. The van der Waals surface area contributed by atoms with E-state index >= 15 is 0 Å². The maximum absolute atomic E-state index is 8.54. The Bertz CT molecular complexity index is 249. The topological polar surface area (TPSA) is 33.0 Å². The van der Waals surface area contributed by atoms with E-state index in [2.05, 4.69) is 0 Å². The number of nitrogens with zero attached hydrogens (tertiary/aromatic N) is 1. The van der Waals surface area contributed by atoms with E-state index in [-0.39, 0.29) is 6.10 Å². The van der Waals surface area contributed by atoms with Crippen LogP contribution in [0.3, 0.4) is 0 Å². The smallest absolute Gasteiger partial charge is 0.100 e. The Morgan fingerprint density at radius 1 is 1.82 bits per heavy atom. The van der Waals surface area contributed by atoms with Crippen molar-refractivity contribution in [1.29, 1.82) is 5.26 Å². The Balaban J connectivity index is 2.76. The van der Waals surface area contributed by atoms with Crippen LogP contribution in [-0.2, 0) is 4.74 Å². The molecule has 0 heterocycles. The summed E-state index contributed by atoms with van der Waals surface area (Å²) in [6, 6.07) is 2.00. The molecule has 0 fully saturated rings. The lowest BCUT2D eigenvalue weighted by molar-refractivity contribution is 0.142. The Hall–Kier alpha value is -0.780. The first-order chi connectivity index (χ1) is 5.27. The summed E-state index contributed by atoms with van der Waals surface area (Å²) in [6.07, 6.45) is 4.30. The molecule has 1 aliphatic rings. The predicted molar refractivity (Wildman–Crippen MR) is 43.0 cm³/mol. The molecule has 1 atom stereocenters. The van der Waals surface area contributed by atoms with Gasteiger partial charge in [0.25, 0.3) is 0 Å². The van der Waals surface area contributed by atoms with Crippen LogP contribution in [0.1, 0.15) is 6.42 Å². The molecular formula is C8H8ClNO. The number of hydrogen-bond acceptors (Lipinski definition) is 2. The highest BCUT2D eigenvalue weighted by Gasteiger charge is 2.12. The van der Waals surface area contributed by atoms with E-state index in [0.29, 0.717) is 10.6 Å². The lowest BCUT2D eigenvalue weighted by Gasteiger charge is -2.13. The molecule has 2 nitrogen and oxygen atoms in total. The van der Waals surface area contributed by atoms with Crippen LogP contribution < -0.4 is 0 Å². The van der Waals surface area contributed by atoms with Crippen molar-refractivity contribution in [2.45, 2.75) is 12.5 Å². The highest BCUT2D eigenvalue weighted by Crippen LogP contribution is 2.22. The molecule has 1 aliphatic carbocycles. The van der Waals surface area contributed by atoms with Crippen molar-refractivity contribution in [3.8, 4) is 6.07 Å². The van der Waals surface area contributed by atoms with Crippen LogP contribution in [0.4, 0.5) is 0 Å². The molecule has 0 aliphatic heterocycles. The van der Waals surface area contributed by atoms with Gasteiger partial charge in [-0.2, -0.15) is 5.26 Å². The van der Waals surface area contributed by atoms with Gasteiger partial charge in [-0.05, 0) is 12.5 Å². The first kappa shape index (κ1) is 8.32. The van der Waals surface area contributed by atoms with Crippen molar-refractivity contribution < 1.29 is 4.74 Å². The van der Waals surface area contributed by atoms with Crippen LogP contribution in [0.25, 0.3) is 0 Å². The van der Waals surface area contributed by atoms with Gasteiger partial charge in [0.2, 0.25) is 0 Å². The van der Waals surface area contributed by atoms with Crippen LogP contribution in [0.15, 0.2) is 22.8 Å². The molecule has 1 unspecified atom stereocenters. The van der Waals surface area contributed by atoms with Crippen molar-refractivity contribution in [2.24, 2.45) is 0 Å². The minimum Gasteiger partial charge on any atom is -0.377 e. The van der Waals surface area contributed by atoms with Crippen LogP contribution in [-0.4, -0.2) is 13.2 Å². The van der Waals surface area contributed by atoms with Crippen molar-refractivity contribution in [3.05, 3.63) is 22.8 Å². The quantitative estimate of drug-likeness (QED) is 0.602. The van der Waals surface area contributed by atoms with Gasteiger partial charge in [-0.3, -0.25) is 0 Å². The lowest BCUT2D eigenvalue weighted by Crippen LogP contribution is -2.09. The Morgan fingerprint density at radius 2 is 2.55 bits per heavy atom. The Kier molecular flexibility index (Phi) is 2.70. The maximum atomic E-state index is 8.54. The van der Waals surface area contributed by atoms with Crippen LogP contribution in [0.2, 0.25) is 0 Å².